The van der Waals surface area contributed by atoms with E-state index >= 15 is 0 Å². The van der Waals surface area contributed by atoms with E-state index in [0.29, 0.717) is 0 Å². The van der Waals surface area contributed by atoms with Gasteiger partial charge in [-0.1, -0.05) is 52.3 Å². The monoisotopic (exact) mass is 222 g/mol. The standard InChI is InChI=1S/C15H26O/c1-6-10-14(13(3)4)11-8-9-12-15(7-2)16-5/h7-9,12-14H,2,6,10-11H2,1,3-5H3/b9-8-,15-12+. The first kappa shape index (κ1) is 15.0. The lowest BCUT2D eigenvalue weighted by atomic mass is 9.88. The molecule has 0 rings (SSSR count). The second kappa shape index (κ2) is 9.26. The molecule has 0 heterocycles. The van der Waals surface area contributed by atoms with Crippen LogP contribution in [0.2, 0.25) is 0 Å². The molecule has 0 saturated carbocycles. The maximum Gasteiger partial charge on any atom is 0.118 e. The first-order valence-electron chi connectivity index (χ1n) is 6.18. The summed E-state index contributed by atoms with van der Waals surface area (Å²) in [5.41, 5.74) is 0. The zero-order valence-electron chi connectivity index (χ0n) is 11.2. The third-order valence-electron chi connectivity index (χ3n) is 2.87. The summed E-state index contributed by atoms with van der Waals surface area (Å²) < 4.78 is 5.09. The molecule has 0 bridgehead atoms. The van der Waals surface area contributed by atoms with Crippen LogP contribution < -0.4 is 0 Å². The molecule has 0 aromatic heterocycles. The Kier molecular flexibility index (Phi) is 8.69. The van der Waals surface area contributed by atoms with E-state index in [1.165, 1.54) is 12.8 Å². The Morgan fingerprint density at radius 2 is 2.06 bits per heavy atom. The molecule has 0 fully saturated rings. The number of hydrogen-bond donors (Lipinski definition) is 0. The maximum atomic E-state index is 5.09. The molecule has 92 valence electrons. The highest BCUT2D eigenvalue weighted by Gasteiger charge is 2.09. The summed E-state index contributed by atoms with van der Waals surface area (Å²) in [6.45, 7) is 10.5. The normalized spacial score (nSPS) is 14.4. The highest BCUT2D eigenvalue weighted by Crippen LogP contribution is 2.21. The number of rotatable bonds is 8. The van der Waals surface area contributed by atoms with E-state index in [0.717, 1.165) is 24.0 Å². The fourth-order valence-electron chi connectivity index (χ4n) is 1.73. The van der Waals surface area contributed by atoms with Crippen molar-refractivity contribution in [1.29, 1.82) is 0 Å². The summed E-state index contributed by atoms with van der Waals surface area (Å²) >= 11 is 0. The van der Waals surface area contributed by atoms with Gasteiger partial charge in [0.15, 0.2) is 0 Å². The fourth-order valence-corrected chi connectivity index (χ4v) is 1.73. The smallest absolute Gasteiger partial charge is 0.118 e. The molecule has 1 unspecified atom stereocenters. The minimum absolute atomic E-state index is 0.759. The summed E-state index contributed by atoms with van der Waals surface area (Å²) in [5, 5.41) is 0. The van der Waals surface area contributed by atoms with Crippen LogP contribution in [0.1, 0.15) is 40.0 Å². The van der Waals surface area contributed by atoms with Crippen LogP contribution in [0.4, 0.5) is 0 Å². The lowest BCUT2D eigenvalue weighted by Gasteiger charge is -2.17. The Morgan fingerprint density at radius 1 is 1.38 bits per heavy atom. The van der Waals surface area contributed by atoms with Gasteiger partial charge in [0.2, 0.25) is 0 Å². The predicted octanol–water partition coefficient (Wildman–Crippen LogP) is 4.72. The molecule has 1 nitrogen and oxygen atoms in total. The lowest BCUT2D eigenvalue weighted by Crippen LogP contribution is -2.06. The van der Waals surface area contributed by atoms with Crippen LogP contribution >= 0.6 is 0 Å². The number of hydrogen-bond acceptors (Lipinski definition) is 1. The van der Waals surface area contributed by atoms with Crippen molar-refractivity contribution in [3.8, 4) is 0 Å². The van der Waals surface area contributed by atoms with Gasteiger partial charge >= 0.3 is 0 Å². The second-order valence-corrected chi connectivity index (χ2v) is 4.43. The van der Waals surface area contributed by atoms with Crippen LogP contribution in [-0.4, -0.2) is 7.11 Å². The van der Waals surface area contributed by atoms with Crippen molar-refractivity contribution in [3.05, 3.63) is 36.6 Å². The van der Waals surface area contributed by atoms with Crippen LogP contribution in [0.3, 0.4) is 0 Å². The van der Waals surface area contributed by atoms with Gasteiger partial charge in [0.25, 0.3) is 0 Å². The third-order valence-corrected chi connectivity index (χ3v) is 2.87. The molecule has 0 N–H and O–H groups in total. The first-order chi connectivity index (χ1) is 7.65. The highest BCUT2D eigenvalue weighted by atomic mass is 16.5. The maximum absolute atomic E-state index is 5.09. The topological polar surface area (TPSA) is 9.23 Å². The Balaban J connectivity index is 4.14. The van der Waals surface area contributed by atoms with E-state index in [1.807, 2.05) is 6.08 Å². The fraction of sp³-hybridized carbons (Fsp3) is 0.600. The molecule has 1 heteroatoms. The molecule has 0 aromatic rings. The van der Waals surface area contributed by atoms with E-state index in [2.05, 4.69) is 39.5 Å². The third kappa shape index (κ3) is 6.49. The van der Waals surface area contributed by atoms with Gasteiger partial charge < -0.3 is 4.74 Å². The summed E-state index contributed by atoms with van der Waals surface area (Å²) in [7, 11) is 1.66. The minimum Gasteiger partial charge on any atom is -0.497 e. The van der Waals surface area contributed by atoms with Crippen molar-refractivity contribution in [2.75, 3.05) is 7.11 Å². The number of methoxy groups -OCH3 is 1. The van der Waals surface area contributed by atoms with E-state index < -0.39 is 0 Å². The molecule has 0 saturated heterocycles. The lowest BCUT2D eigenvalue weighted by molar-refractivity contribution is 0.307. The van der Waals surface area contributed by atoms with Gasteiger partial charge in [0, 0.05) is 0 Å². The zero-order chi connectivity index (χ0) is 12.4. The molecule has 0 spiro atoms. The molecule has 0 aromatic carbocycles. The van der Waals surface area contributed by atoms with Gasteiger partial charge in [-0.25, -0.2) is 0 Å². The van der Waals surface area contributed by atoms with Gasteiger partial charge in [-0.15, -0.1) is 0 Å². The van der Waals surface area contributed by atoms with Crippen LogP contribution in [0, 0.1) is 11.8 Å². The largest absolute Gasteiger partial charge is 0.497 e. The minimum atomic E-state index is 0.759. The SMILES string of the molecule is C=C/C(=C\C=C/CC(CCC)C(C)C)OC. The molecule has 0 aliphatic carbocycles. The van der Waals surface area contributed by atoms with Crippen molar-refractivity contribution in [3.63, 3.8) is 0 Å². The Morgan fingerprint density at radius 3 is 2.50 bits per heavy atom. The van der Waals surface area contributed by atoms with Crippen molar-refractivity contribution in [2.24, 2.45) is 11.8 Å². The molecule has 1 atom stereocenters. The van der Waals surface area contributed by atoms with Gasteiger partial charge in [-0.05, 0) is 30.4 Å². The average molecular weight is 222 g/mol. The van der Waals surface area contributed by atoms with Crippen LogP contribution in [0.15, 0.2) is 36.6 Å². The Labute approximate surface area is 101 Å². The van der Waals surface area contributed by atoms with E-state index in [1.54, 1.807) is 13.2 Å². The van der Waals surface area contributed by atoms with Crippen molar-refractivity contribution >= 4 is 0 Å². The first-order valence-corrected chi connectivity index (χ1v) is 6.18. The number of ether oxygens (including phenoxy) is 1. The molecular weight excluding hydrogens is 196 g/mol. The van der Waals surface area contributed by atoms with Gasteiger partial charge in [0.1, 0.15) is 5.76 Å². The summed E-state index contributed by atoms with van der Waals surface area (Å²) in [4.78, 5) is 0. The van der Waals surface area contributed by atoms with Crippen LogP contribution in [-0.2, 0) is 4.74 Å². The number of allylic oxidation sites excluding steroid dienone is 4. The highest BCUT2D eigenvalue weighted by molar-refractivity contribution is 5.16. The van der Waals surface area contributed by atoms with Gasteiger partial charge in [-0.3, -0.25) is 0 Å². The Bertz CT molecular complexity index is 236. The van der Waals surface area contributed by atoms with Gasteiger partial charge in [-0.2, -0.15) is 0 Å². The molecule has 0 radical (unpaired) electrons. The van der Waals surface area contributed by atoms with E-state index in [-0.39, 0.29) is 0 Å². The van der Waals surface area contributed by atoms with Gasteiger partial charge in [0.05, 0.1) is 7.11 Å². The predicted molar refractivity (Wildman–Crippen MR) is 72.3 cm³/mol. The summed E-state index contributed by atoms with van der Waals surface area (Å²) in [6, 6.07) is 0. The van der Waals surface area contributed by atoms with Crippen molar-refractivity contribution in [2.45, 2.75) is 40.0 Å². The zero-order valence-corrected chi connectivity index (χ0v) is 11.2. The van der Waals surface area contributed by atoms with E-state index in [9.17, 15) is 0 Å². The molecule has 16 heavy (non-hydrogen) atoms. The van der Waals surface area contributed by atoms with Crippen LogP contribution in [0.25, 0.3) is 0 Å². The second-order valence-electron chi connectivity index (χ2n) is 4.43. The van der Waals surface area contributed by atoms with E-state index in [4.69, 9.17) is 4.74 Å². The molecule has 0 aliphatic rings. The van der Waals surface area contributed by atoms with Crippen LogP contribution in [0.5, 0.6) is 0 Å². The Hall–Kier alpha value is -0.980. The van der Waals surface area contributed by atoms with Crippen molar-refractivity contribution in [1.82, 2.24) is 0 Å². The summed E-state index contributed by atoms with van der Waals surface area (Å²) in [6.07, 6.45) is 11.7. The molecular formula is C15H26O. The molecule has 0 aliphatic heterocycles. The molecule has 0 amide bonds. The summed E-state index contributed by atoms with van der Waals surface area (Å²) in [5.74, 6) is 2.37. The average Bonchev–Trinajstić information content (AvgIpc) is 2.27. The quantitative estimate of drug-likeness (QED) is 0.426. The van der Waals surface area contributed by atoms with Crippen molar-refractivity contribution < 1.29 is 4.74 Å².